The van der Waals surface area contributed by atoms with E-state index in [-0.39, 0.29) is 5.41 Å². The zero-order chi connectivity index (χ0) is 19.1. The van der Waals surface area contributed by atoms with Gasteiger partial charge in [-0.3, -0.25) is 0 Å². The van der Waals surface area contributed by atoms with Crippen LogP contribution >= 0.6 is 0 Å². The third-order valence-electron chi connectivity index (χ3n) is 6.83. The van der Waals surface area contributed by atoms with Crippen molar-refractivity contribution in [3.63, 3.8) is 0 Å². The number of oxime groups is 1. The molecule has 0 aliphatic heterocycles. The number of nitrogens with zero attached hydrogens (tertiary/aromatic N) is 2. The number of benzene rings is 2. The minimum Gasteiger partial charge on any atom is -0.391 e. The topological polar surface area (TPSA) is 45.4 Å². The predicted molar refractivity (Wildman–Crippen MR) is 108 cm³/mol. The Morgan fingerprint density at radius 2 is 1.81 bits per heavy atom. The third kappa shape index (κ3) is 3.04. The molecule has 3 heteroatoms. The lowest BCUT2D eigenvalue weighted by Crippen LogP contribution is -2.37. The van der Waals surface area contributed by atoms with E-state index in [0.29, 0.717) is 17.6 Å². The molecule has 2 bridgehead atoms. The molecule has 2 fully saturated rings. The van der Waals surface area contributed by atoms with Crippen LogP contribution in [0.1, 0.15) is 51.2 Å². The van der Waals surface area contributed by atoms with Crippen LogP contribution in [-0.4, -0.2) is 5.71 Å². The standard InChI is InChI=1S/C24H26N2O/c1-23(2)13-18-12-22(24(23,3)14-18)26-27-16-17-8-10-19(11-9-17)21-7-5-4-6-20(21)15-25/h4-11,18H,12-14,16H2,1-3H3/b26-22+. The van der Waals surface area contributed by atoms with Crippen LogP contribution in [0.2, 0.25) is 0 Å². The van der Waals surface area contributed by atoms with Gasteiger partial charge in [-0.15, -0.1) is 0 Å². The van der Waals surface area contributed by atoms with E-state index in [1.807, 2.05) is 36.4 Å². The maximum atomic E-state index is 9.27. The van der Waals surface area contributed by atoms with Crippen molar-refractivity contribution in [3.05, 3.63) is 59.7 Å². The summed E-state index contributed by atoms with van der Waals surface area (Å²) in [5.74, 6) is 0.770. The van der Waals surface area contributed by atoms with Gasteiger partial charge in [0.25, 0.3) is 0 Å². The summed E-state index contributed by atoms with van der Waals surface area (Å²) in [4.78, 5) is 5.74. The summed E-state index contributed by atoms with van der Waals surface area (Å²) in [5.41, 5.74) is 5.53. The summed E-state index contributed by atoms with van der Waals surface area (Å²) in [6.45, 7) is 7.55. The molecule has 0 aromatic heterocycles. The Labute approximate surface area is 161 Å². The molecule has 2 aliphatic carbocycles. The quantitative estimate of drug-likeness (QED) is 0.635. The van der Waals surface area contributed by atoms with Gasteiger partial charge in [-0.25, -0.2) is 0 Å². The van der Waals surface area contributed by atoms with Gasteiger partial charge in [-0.05, 0) is 53.4 Å². The second-order valence-corrected chi connectivity index (χ2v) is 8.86. The van der Waals surface area contributed by atoms with E-state index in [9.17, 15) is 5.26 Å². The SMILES string of the molecule is CC1(C)CC2C/C(=N\OCc3ccc(-c4ccccc4C#N)cc3)C1(C)C2. The Hall–Kier alpha value is -2.60. The van der Waals surface area contributed by atoms with Gasteiger partial charge in [0.1, 0.15) is 6.61 Å². The smallest absolute Gasteiger partial charge is 0.142 e. The van der Waals surface area contributed by atoms with Crippen molar-refractivity contribution in [2.24, 2.45) is 21.9 Å². The highest BCUT2D eigenvalue weighted by Gasteiger charge is 2.58. The Morgan fingerprint density at radius 1 is 1.07 bits per heavy atom. The molecule has 2 aliphatic rings. The number of fused-ring (bicyclic) bond motifs is 2. The fourth-order valence-electron chi connectivity index (χ4n) is 4.96. The fourth-order valence-corrected chi connectivity index (χ4v) is 4.96. The Balaban J connectivity index is 1.44. The Bertz CT molecular complexity index is 920. The Kier molecular flexibility index (Phi) is 4.30. The second kappa shape index (κ2) is 6.53. The van der Waals surface area contributed by atoms with E-state index < -0.39 is 0 Å². The van der Waals surface area contributed by atoms with Gasteiger partial charge in [0.05, 0.1) is 17.3 Å². The van der Waals surface area contributed by atoms with E-state index in [4.69, 9.17) is 4.84 Å². The molecular weight excluding hydrogens is 332 g/mol. The van der Waals surface area contributed by atoms with Gasteiger partial charge in [0.15, 0.2) is 0 Å². The number of hydrogen-bond acceptors (Lipinski definition) is 3. The molecule has 0 spiro atoms. The van der Waals surface area contributed by atoms with Crippen molar-refractivity contribution >= 4 is 5.71 Å². The highest BCUT2D eigenvalue weighted by molar-refractivity contribution is 5.93. The molecule has 2 unspecified atom stereocenters. The molecular formula is C24H26N2O. The molecule has 0 N–H and O–H groups in total. The van der Waals surface area contributed by atoms with Crippen molar-refractivity contribution in [1.29, 1.82) is 5.26 Å². The molecule has 0 amide bonds. The first-order valence-corrected chi connectivity index (χ1v) is 9.71. The normalized spacial score (nSPS) is 26.9. The lowest BCUT2D eigenvalue weighted by atomic mass is 9.65. The third-order valence-corrected chi connectivity index (χ3v) is 6.83. The molecule has 0 radical (unpaired) electrons. The van der Waals surface area contributed by atoms with Crippen LogP contribution in [0.3, 0.4) is 0 Å². The van der Waals surface area contributed by atoms with Gasteiger partial charge in [0, 0.05) is 5.41 Å². The van der Waals surface area contributed by atoms with Crippen LogP contribution < -0.4 is 0 Å². The van der Waals surface area contributed by atoms with Gasteiger partial charge in [0.2, 0.25) is 0 Å². The molecule has 0 saturated heterocycles. The van der Waals surface area contributed by atoms with E-state index >= 15 is 0 Å². The summed E-state index contributed by atoms with van der Waals surface area (Å²) in [6.07, 6.45) is 3.63. The summed E-state index contributed by atoms with van der Waals surface area (Å²) in [6, 6.07) is 18.1. The zero-order valence-electron chi connectivity index (χ0n) is 16.3. The van der Waals surface area contributed by atoms with E-state index in [1.54, 1.807) is 0 Å². The summed E-state index contributed by atoms with van der Waals surface area (Å²) in [5, 5.41) is 13.8. The Morgan fingerprint density at radius 3 is 2.48 bits per heavy atom. The zero-order valence-corrected chi connectivity index (χ0v) is 16.3. The molecule has 2 saturated carbocycles. The van der Waals surface area contributed by atoms with Crippen molar-refractivity contribution in [3.8, 4) is 17.2 Å². The van der Waals surface area contributed by atoms with Gasteiger partial charge < -0.3 is 4.84 Å². The highest BCUT2D eigenvalue weighted by Crippen LogP contribution is 2.62. The lowest BCUT2D eigenvalue weighted by Gasteiger charge is -2.39. The molecule has 2 atom stereocenters. The maximum Gasteiger partial charge on any atom is 0.142 e. The first-order valence-electron chi connectivity index (χ1n) is 9.71. The average molecular weight is 358 g/mol. The molecule has 27 heavy (non-hydrogen) atoms. The van der Waals surface area contributed by atoms with Crippen molar-refractivity contribution in [2.75, 3.05) is 0 Å². The van der Waals surface area contributed by atoms with Gasteiger partial charge in [-0.1, -0.05) is 68.4 Å². The van der Waals surface area contributed by atoms with Crippen molar-refractivity contribution < 1.29 is 4.84 Å². The number of hydrogen-bond donors (Lipinski definition) is 0. The van der Waals surface area contributed by atoms with Crippen LogP contribution in [0, 0.1) is 28.1 Å². The van der Waals surface area contributed by atoms with Crippen LogP contribution in [0.25, 0.3) is 11.1 Å². The van der Waals surface area contributed by atoms with E-state index in [1.165, 1.54) is 18.6 Å². The number of rotatable bonds is 4. The lowest BCUT2D eigenvalue weighted by molar-refractivity contribution is 0.118. The molecule has 2 aromatic rings. The van der Waals surface area contributed by atoms with E-state index in [0.717, 1.165) is 29.0 Å². The summed E-state index contributed by atoms with van der Waals surface area (Å²) >= 11 is 0. The maximum absolute atomic E-state index is 9.27. The van der Waals surface area contributed by atoms with Crippen LogP contribution in [0.4, 0.5) is 0 Å². The minimum absolute atomic E-state index is 0.183. The summed E-state index contributed by atoms with van der Waals surface area (Å²) < 4.78 is 0. The fraction of sp³-hybridized carbons (Fsp3) is 0.417. The first-order chi connectivity index (χ1) is 12.9. The molecule has 0 heterocycles. The molecule has 4 rings (SSSR count). The first kappa shape index (κ1) is 17.8. The van der Waals surface area contributed by atoms with Crippen LogP contribution in [-0.2, 0) is 11.4 Å². The largest absolute Gasteiger partial charge is 0.391 e. The van der Waals surface area contributed by atoms with Crippen molar-refractivity contribution in [1.82, 2.24) is 0 Å². The van der Waals surface area contributed by atoms with Crippen LogP contribution in [0.15, 0.2) is 53.7 Å². The molecule has 2 aromatic carbocycles. The second-order valence-electron chi connectivity index (χ2n) is 8.86. The van der Waals surface area contributed by atoms with Gasteiger partial charge >= 0.3 is 0 Å². The van der Waals surface area contributed by atoms with Crippen molar-refractivity contribution in [2.45, 2.75) is 46.6 Å². The highest BCUT2D eigenvalue weighted by atomic mass is 16.6. The minimum atomic E-state index is 0.183. The number of nitriles is 1. The molecule has 3 nitrogen and oxygen atoms in total. The van der Waals surface area contributed by atoms with E-state index in [2.05, 4.69) is 44.1 Å². The van der Waals surface area contributed by atoms with Crippen LogP contribution in [0.5, 0.6) is 0 Å². The average Bonchev–Trinajstić information content (AvgIpc) is 3.10. The summed E-state index contributed by atoms with van der Waals surface area (Å²) in [7, 11) is 0. The molecule has 138 valence electrons. The monoisotopic (exact) mass is 358 g/mol. The van der Waals surface area contributed by atoms with Gasteiger partial charge in [-0.2, -0.15) is 5.26 Å². The predicted octanol–water partition coefficient (Wildman–Crippen LogP) is 5.94.